The number of carboxylic acid groups (broad SMARTS) is 1. The van der Waals surface area contributed by atoms with Crippen LogP contribution in [0.15, 0.2) is 53.6 Å². The van der Waals surface area contributed by atoms with Crippen LogP contribution >= 0.6 is 0 Å². The molecule has 1 atom stereocenters. The van der Waals surface area contributed by atoms with E-state index in [-0.39, 0.29) is 24.8 Å². The SMILES string of the molecule is CC(C)(C)C(=O)CN1C(=O)N(CC(=O)Nc2cccc(N3CCC[C@@H]3C(=O)O)c2)N=C(C2CCCCC2)c2ccccc21. The molecular formula is C33H41N5O5. The number of hydrazone groups is 1. The summed E-state index contributed by atoms with van der Waals surface area (Å²) in [5.41, 5.74) is 2.78. The summed E-state index contributed by atoms with van der Waals surface area (Å²) < 4.78 is 0. The van der Waals surface area contributed by atoms with Gasteiger partial charge in [-0.2, -0.15) is 5.10 Å². The Morgan fingerprint density at radius 1 is 0.953 bits per heavy atom. The molecule has 0 spiro atoms. The third-order valence-electron chi connectivity index (χ3n) is 8.57. The van der Waals surface area contributed by atoms with Gasteiger partial charge in [-0.1, -0.05) is 64.3 Å². The maximum atomic E-state index is 14.1. The second kappa shape index (κ2) is 12.6. The molecule has 3 amide bonds. The molecule has 2 fully saturated rings. The van der Waals surface area contributed by atoms with Crippen LogP contribution in [-0.2, 0) is 14.4 Å². The van der Waals surface area contributed by atoms with E-state index in [1.54, 1.807) is 18.2 Å². The number of para-hydroxylation sites is 1. The van der Waals surface area contributed by atoms with E-state index in [1.165, 1.54) is 9.91 Å². The minimum atomic E-state index is -0.867. The molecule has 5 rings (SSSR count). The average Bonchev–Trinajstić information content (AvgIpc) is 3.45. The number of hydrogen-bond donors (Lipinski definition) is 2. The molecule has 3 aliphatic rings. The van der Waals surface area contributed by atoms with Gasteiger partial charge in [-0.3, -0.25) is 14.5 Å². The Hall–Kier alpha value is -4.21. The smallest absolute Gasteiger partial charge is 0.345 e. The molecule has 2 N–H and O–H groups in total. The lowest BCUT2D eigenvalue weighted by molar-refractivity contribution is -0.138. The van der Waals surface area contributed by atoms with Crippen molar-refractivity contribution in [1.29, 1.82) is 0 Å². The zero-order chi connectivity index (χ0) is 30.7. The van der Waals surface area contributed by atoms with Crippen molar-refractivity contribution in [3.8, 4) is 0 Å². The van der Waals surface area contributed by atoms with Crippen molar-refractivity contribution in [2.45, 2.75) is 71.8 Å². The first kappa shape index (κ1) is 30.3. The number of carbonyl (C=O) groups excluding carboxylic acids is 3. The fraction of sp³-hybridized carbons (Fsp3) is 0.485. The van der Waals surface area contributed by atoms with Gasteiger partial charge in [0.2, 0.25) is 5.91 Å². The highest BCUT2D eigenvalue weighted by Crippen LogP contribution is 2.35. The minimum Gasteiger partial charge on any atom is -0.480 e. The van der Waals surface area contributed by atoms with Gasteiger partial charge in [0.15, 0.2) is 5.78 Å². The monoisotopic (exact) mass is 587 g/mol. The number of anilines is 3. The Kier molecular flexibility index (Phi) is 8.84. The van der Waals surface area contributed by atoms with Gasteiger partial charge in [0.1, 0.15) is 12.6 Å². The summed E-state index contributed by atoms with van der Waals surface area (Å²) in [6, 6.07) is 13.5. The van der Waals surface area contributed by atoms with Crippen LogP contribution in [0.2, 0.25) is 0 Å². The van der Waals surface area contributed by atoms with Gasteiger partial charge >= 0.3 is 12.0 Å². The summed E-state index contributed by atoms with van der Waals surface area (Å²) >= 11 is 0. The Balaban J connectivity index is 1.43. The zero-order valence-electron chi connectivity index (χ0n) is 25.2. The van der Waals surface area contributed by atoms with Crippen LogP contribution in [0.3, 0.4) is 0 Å². The van der Waals surface area contributed by atoms with Crippen LogP contribution in [0.5, 0.6) is 0 Å². The van der Waals surface area contributed by atoms with Crippen LogP contribution in [-0.4, -0.2) is 65.2 Å². The van der Waals surface area contributed by atoms with Crippen LogP contribution in [0.25, 0.3) is 0 Å². The van der Waals surface area contributed by atoms with Crippen LogP contribution in [0.1, 0.15) is 71.3 Å². The van der Waals surface area contributed by atoms with E-state index in [0.717, 1.165) is 49.8 Å². The zero-order valence-corrected chi connectivity index (χ0v) is 25.2. The number of fused-ring (bicyclic) bond motifs is 1. The maximum absolute atomic E-state index is 14.1. The summed E-state index contributed by atoms with van der Waals surface area (Å²) in [5, 5.41) is 18.5. The molecule has 2 aromatic carbocycles. The number of urea groups is 1. The second-order valence-electron chi connectivity index (χ2n) is 12.7. The number of nitrogens with one attached hydrogen (secondary N) is 1. The largest absolute Gasteiger partial charge is 0.480 e. The molecule has 0 unspecified atom stereocenters. The Morgan fingerprint density at radius 3 is 2.42 bits per heavy atom. The molecule has 0 bridgehead atoms. The van der Waals surface area contributed by atoms with Crippen molar-refractivity contribution >= 4 is 46.5 Å². The first-order chi connectivity index (χ1) is 20.5. The van der Waals surface area contributed by atoms with Gasteiger partial charge < -0.3 is 15.3 Å². The number of benzene rings is 2. The molecule has 0 radical (unpaired) electrons. The first-order valence-corrected chi connectivity index (χ1v) is 15.2. The molecule has 0 aromatic heterocycles. The molecule has 2 aromatic rings. The molecule has 2 aliphatic heterocycles. The van der Waals surface area contributed by atoms with Crippen LogP contribution in [0.4, 0.5) is 21.9 Å². The predicted molar refractivity (Wildman–Crippen MR) is 167 cm³/mol. The normalized spacial score (nSPS) is 19.5. The predicted octanol–water partition coefficient (Wildman–Crippen LogP) is 5.52. The van der Waals surface area contributed by atoms with Gasteiger partial charge in [-0.05, 0) is 49.9 Å². The lowest BCUT2D eigenvalue weighted by Gasteiger charge is -2.28. The number of nitrogens with zero attached hydrogens (tertiary/aromatic N) is 4. The molecule has 2 heterocycles. The Bertz CT molecular complexity index is 1420. The quantitative estimate of drug-likeness (QED) is 0.419. The summed E-state index contributed by atoms with van der Waals surface area (Å²) in [4.78, 5) is 55.7. The van der Waals surface area contributed by atoms with Crippen molar-refractivity contribution in [1.82, 2.24) is 5.01 Å². The molecule has 1 aliphatic carbocycles. The highest BCUT2D eigenvalue weighted by molar-refractivity contribution is 6.13. The maximum Gasteiger partial charge on any atom is 0.345 e. The molecule has 10 heteroatoms. The lowest BCUT2D eigenvalue weighted by Crippen LogP contribution is -2.47. The molecule has 43 heavy (non-hydrogen) atoms. The van der Waals surface area contributed by atoms with E-state index in [2.05, 4.69) is 5.32 Å². The fourth-order valence-corrected chi connectivity index (χ4v) is 6.14. The van der Waals surface area contributed by atoms with E-state index >= 15 is 0 Å². The molecule has 10 nitrogen and oxygen atoms in total. The minimum absolute atomic E-state index is 0.0976. The first-order valence-electron chi connectivity index (χ1n) is 15.2. The Morgan fingerprint density at radius 2 is 1.70 bits per heavy atom. The number of carboxylic acids is 1. The van der Waals surface area contributed by atoms with Crippen LogP contribution in [0, 0.1) is 11.3 Å². The molecular weight excluding hydrogens is 546 g/mol. The second-order valence-corrected chi connectivity index (χ2v) is 12.7. The summed E-state index contributed by atoms with van der Waals surface area (Å²) in [6.45, 7) is 5.64. The molecule has 1 saturated heterocycles. The fourth-order valence-electron chi connectivity index (χ4n) is 6.14. The summed E-state index contributed by atoms with van der Waals surface area (Å²) in [7, 11) is 0. The van der Waals surface area contributed by atoms with Crippen molar-refractivity contribution in [2.24, 2.45) is 16.4 Å². The summed E-state index contributed by atoms with van der Waals surface area (Å²) in [5.74, 6) is -1.26. The van der Waals surface area contributed by atoms with Crippen molar-refractivity contribution < 1.29 is 24.3 Å². The van der Waals surface area contributed by atoms with Gasteiger partial charge in [0.05, 0.1) is 17.9 Å². The van der Waals surface area contributed by atoms with E-state index in [1.807, 2.05) is 56.0 Å². The number of ketones is 1. The highest BCUT2D eigenvalue weighted by atomic mass is 16.4. The van der Waals surface area contributed by atoms with Gasteiger partial charge in [-0.15, -0.1) is 0 Å². The van der Waals surface area contributed by atoms with E-state index in [9.17, 15) is 24.3 Å². The van der Waals surface area contributed by atoms with Crippen molar-refractivity contribution in [3.63, 3.8) is 0 Å². The molecule has 228 valence electrons. The topological polar surface area (TPSA) is 123 Å². The number of Topliss-reactive ketones (excluding diaryl/α,β-unsaturated/α-hetero) is 1. The van der Waals surface area contributed by atoms with Crippen molar-refractivity contribution in [2.75, 3.05) is 34.8 Å². The highest BCUT2D eigenvalue weighted by Gasteiger charge is 2.36. The standard InChI is InChI=1S/C33H41N5O5/c1-33(2,3)28(39)20-37-26-16-8-7-15-25(26)30(22-11-5-4-6-12-22)35-38(32(37)43)21-29(40)34-23-13-9-14-24(19-23)36-18-10-17-27(36)31(41)42/h7-9,13-16,19,22,27H,4-6,10-12,17-18,20-21H2,1-3H3,(H,34,40)(H,41,42)/t27-/m1/s1. The van der Waals surface area contributed by atoms with Gasteiger partial charge in [0, 0.05) is 34.8 Å². The van der Waals surface area contributed by atoms with Crippen LogP contribution < -0.4 is 15.1 Å². The van der Waals surface area contributed by atoms with Crippen molar-refractivity contribution in [3.05, 3.63) is 54.1 Å². The molecule has 1 saturated carbocycles. The number of rotatable bonds is 8. The third-order valence-corrected chi connectivity index (χ3v) is 8.57. The van der Waals surface area contributed by atoms with E-state index in [4.69, 9.17) is 5.10 Å². The number of carbonyl (C=O) groups is 4. The number of aliphatic carboxylic acids is 1. The average molecular weight is 588 g/mol. The van der Waals surface area contributed by atoms with Gasteiger partial charge in [-0.25, -0.2) is 14.6 Å². The lowest BCUT2D eigenvalue weighted by atomic mass is 9.83. The van der Waals surface area contributed by atoms with E-state index in [0.29, 0.717) is 30.0 Å². The van der Waals surface area contributed by atoms with E-state index < -0.39 is 29.4 Å². The number of hydrogen-bond acceptors (Lipinski definition) is 6. The Labute approximate surface area is 252 Å². The number of amides is 3. The third kappa shape index (κ3) is 6.73. The van der Waals surface area contributed by atoms with Gasteiger partial charge in [0.25, 0.3) is 0 Å². The summed E-state index contributed by atoms with van der Waals surface area (Å²) in [6.07, 6.45) is 6.55.